The van der Waals surface area contributed by atoms with E-state index in [9.17, 15) is 4.79 Å². The summed E-state index contributed by atoms with van der Waals surface area (Å²) in [6.45, 7) is 0. The Hall–Kier alpha value is -1.13. The van der Waals surface area contributed by atoms with Crippen LogP contribution in [0.15, 0.2) is 53.0 Å². The molecule has 2 aromatic rings. The minimum absolute atomic E-state index is 0.0324. The van der Waals surface area contributed by atoms with Gasteiger partial charge in [0.15, 0.2) is 5.78 Å². The molecule has 2 nitrogen and oxygen atoms in total. The van der Waals surface area contributed by atoms with E-state index >= 15 is 0 Å². The minimum Gasteiger partial charge on any atom is -0.497 e. The number of methoxy groups -OCH3 is 1. The third-order valence-electron chi connectivity index (χ3n) is 2.77. The fourth-order valence-electron chi connectivity index (χ4n) is 1.68. The lowest BCUT2D eigenvalue weighted by Gasteiger charge is -2.10. The summed E-state index contributed by atoms with van der Waals surface area (Å²) >= 11 is 6.83. The number of hydrogen-bond acceptors (Lipinski definition) is 2. The first-order valence-electron chi connectivity index (χ1n) is 5.69. The Bertz CT molecular complexity index is 562. The molecule has 0 fully saturated rings. The van der Waals surface area contributed by atoms with Crippen molar-refractivity contribution in [3.63, 3.8) is 0 Å². The topological polar surface area (TPSA) is 26.3 Å². The van der Waals surface area contributed by atoms with Crippen LogP contribution in [0.5, 0.6) is 5.75 Å². The summed E-state index contributed by atoms with van der Waals surface area (Å²) in [5.74, 6) is 0.774. The number of benzene rings is 2. The quantitative estimate of drug-likeness (QED) is 0.561. The van der Waals surface area contributed by atoms with Gasteiger partial charge in [0.05, 0.1) is 7.11 Å². The van der Waals surface area contributed by atoms with Crippen LogP contribution in [0.2, 0.25) is 0 Å². The largest absolute Gasteiger partial charge is 0.497 e. The van der Waals surface area contributed by atoms with Crippen LogP contribution in [0.25, 0.3) is 0 Å². The number of Topliss-reactive ketones (excluding diaryl/α,β-unsaturated/α-hetero) is 1. The molecule has 0 aliphatic heterocycles. The second kappa shape index (κ2) is 6.35. The van der Waals surface area contributed by atoms with E-state index in [1.807, 2.05) is 24.3 Å². The average molecular weight is 384 g/mol. The Morgan fingerprint density at radius 1 is 1.05 bits per heavy atom. The standard InChI is InChI=1S/C15H12Br2O2/c1-19-13-8-4-11(5-9-13)15(18)14(17)10-2-6-12(16)7-3-10/h2-9,14H,1H3. The van der Waals surface area contributed by atoms with E-state index in [2.05, 4.69) is 31.9 Å². The second-order valence-electron chi connectivity index (χ2n) is 4.01. The molecule has 1 unspecified atom stereocenters. The van der Waals surface area contributed by atoms with Crippen molar-refractivity contribution in [2.24, 2.45) is 0 Å². The van der Waals surface area contributed by atoms with Crippen LogP contribution in [0.3, 0.4) is 0 Å². The van der Waals surface area contributed by atoms with E-state index < -0.39 is 0 Å². The summed E-state index contributed by atoms with van der Waals surface area (Å²) < 4.78 is 6.07. The average Bonchev–Trinajstić information content (AvgIpc) is 2.46. The van der Waals surface area contributed by atoms with Gasteiger partial charge in [0.25, 0.3) is 0 Å². The number of rotatable bonds is 4. The zero-order chi connectivity index (χ0) is 13.8. The van der Waals surface area contributed by atoms with Gasteiger partial charge in [-0.3, -0.25) is 4.79 Å². The summed E-state index contributed by atoms with van der Waals surface area (Å²) in [5, 5.41) is 0. The lowest BCUT2D eigenvalue weighted by molar-refractivity contribution is 0.0991. The molecule has 98 valence electrons. The first-order chi connectivity index (χ1) is 9.11. The van der Waals surface area contributed by atoms with E-state index in [4.69, 9.17) is 4.74 Å². The Morgan fingerprint density at radius 2 is 1.63 bits per heavy atom. The maximum atomic E-state index is 12.3. The highest BCUT2D eigenvalue weighted by Crippen LogP contribution is 2.28. The van der Waals surface area contributed by atoms with Crippen LogP contribution in [0.4, 0.5) is 0 Å². The SMILES string of the molecule is COc1ccc(C(=O)C(Br)c2ccc(Br)cc2)cc1. The molecule has 1 atom stereocenters. The third kappa shape index (κ3) is 3.45. The molecule has 0 amide bonds. The number of ether oxygens (including phenoxy) is 1. The van der Waals surface area contributed by atoms with Crippen LogP contribution in [0, 0.1) is 0 Å². The smallest absolute Gasteiger partial charge is 0.180 e. The Kier molecular flexibility index (Phi) is 4.77. The predicted molar refractivity (Wildman–Crippen MR) is 83.1 cm³/mol. The van der Waals surface area contributed by atoms with Gasteiger partial charge >= 0.3 is 0 Å². The van der Waals surface area contributed by atoms with Crippen molar-refractivity contribution in [1.29, 1.82) is 0 Å². The first-order valence-corrected chi connectivity index (χ1v) is 7.40. The normalized spacial score (nSPS) is 11.9. The van der Waals surface area contributed by atoms with Crippen molar-refractivity contribution in [2.75, 3.05) is 7.11 Å². The molecule has 0 bridgehead atoms. The lowest BCUT2D eigenvalue weighted by atomic mass is 10.0. The fraction of sp³-hybridized carbons (Fsp3) is 0.133. The molecule has 19 heavy (non-hydrogen) atoms. The van der Waals surface area contributed by atoms with Crippen molar-refractivity contribution in [3.8, 4) is 5.75 Å². The summed E-state index contributed by atoms with van der Waals surface area (Å²) in [7, 11) is 1.60. The molecule has 2 rings (SSSR count). The molecule has 0 spiro atoms. The van der Waals surface area contributed by atoms with E-state index in [0.29, 0.717) is 5.56 Å². The minimum atomic E-state index is -0.339. The molecule has 0 saturated carbocycles. The van der Waals surface area contributed by atoms with E-state index in [-0.39, 0.29) is 10.6 Å². The highest BCUT2D eigenvalue weighted by Gasteiger charge is 2.18. The van der Waals surface area contributed by atoms with Gasteiger partial charge in [-0.15, -0.1) is 0 Å². The van der Waals surface area contributed by atoms with Crippen LogP contribution in [0.1, 0.15) is 20.7 Å². The molecule has 0 aliphatic rings. The summed E-state index contributed by atoms with van der Waals surface area (Å²) in [6, 6.07) is 14.8. The van der Waals surface area contributed by atoms with Crippen LogP contribution in [-0.2, 0) is 0 Å². The molecule has 0 heterocycles. The highest BCUT2D eigenvalue weighted by atomic mass is 79.9. The van der Waals surface area contributed by atoms with Crippen molar-refractivity contribution in [1.82, 2.24) is 0 Å². The molecule has 0 aliphatic carbocycles. The van der Waals surface area contributed by atoms with Crippen molar-refractivity contribution < 1.29 is 9.53 Å². The molecule has 0 saturated heterocycles. The van der Waals surface area contributed by atoms with Crippen molar-refractivity contribution in [3.05, 3.63) is 64.1 Å². The van der Waals surface area contributed by atoms with Gasteiger partial charge in [-0.05, 0) is 42.0 Å². The van der Waals surface area contributed by atoms with Gasteiger partial charge in [0.1, 0.15) is 10.6 Å². The van der Waals surface area contributed by atoms with Gasteiger partial charge in [0.2, 0.25) is 0 Å². The second-order valence-corrected chi connectivity index (χ2v) is 5.84. The van der Waals surface area contributed by atoms with Gasteiger partial charge in [-0.2, -0.15) is 0 Å². The molecule has 4 heteroatoms. The number of carbonyl (C=O) groups excluding carboxylic acids is 1. The zero-order valence-corrected chi connectivity index (χ0v) is 13.4. The van der Waals surface area contributed by atoms with Crippen LogP contribution in [-0.4, -0.2) is 12.9 Å². The van der Waals surface area contributed by atoms with Crippen LogP contribution < -0.4 is 4.74 Å². The Labute approximate surface area is 129 Å². The predicted octanol–water partition coefficient (Wildman–Crippen LogP) is 4.78. The summed E-state index contributed by atoms with van der Waals surface area (Å²) in [6.07, 6.45) is 0. The Balaban J connectivity index is 2.20. The van der Waals surface area contributed by atoms with Gasteiger partial charge in [-0.25, -0.2) is 0 Å². The lowest BCUT2D eigenvalue weighted by Crippen LogP contribution is -2.06. The maximum Gasteiger partial charge on any atom is 0.180 e. The number of alkyl halides is 1. The maximum absolute atomic E-state index is 12.3. The number of halogens is 2. The van der Waals surface area contributed by atoms with Gasteiger partial charge < -0.3 is 4.74 Å². The van der Waals surface area contributed by atoms with Gasteiger partial charge in [-0.1, -0.05) is 44.0 Å². The monoisotopic (exact) mass is 382 g/mol. The molecular weight excluding hydrogens is 372 g/mol. The third-order valence-corrected chi connectivity index (χ3v) is 4.24. The van der Waals surface area contributed by atoms with Crippen molar-refractivity contribution >= 4 is 37.6 Å². The Morgan fingerprint density at radius 3 is 2.16 bits per heavy atom. The number of carbonyl (C=O) groups is 1. The molecular formula is C15H12Br2O2. The molecule has 0 N–H and O–H groups in total. The number of ketones is 1. The summed E-state index contributed by atoms with van der Waals surface area (Å²) in [4.78, 5) is 12.0. The summed E-state index contributed by atoms with van der Waals surface area (Å²) in [5.41, 5.74) is 1.59. The van der Waals surface area contributed by atoms with E-state index in [1.165, 1.54) is 0 Å². The molecule has 0 radical (unpaired) electrons. The van der Waals surface area contributed by atoms with Crippen LogP contribution >= 0.6 is 31.9 Å². The zero-order valence-electron chi connectivity index (χ0n) is 10.3. The van der Waals surface area contributed by atoms with E-state index in [0.717, 1.165) is 15.8 Å². The number of hydrogen-bond donors (Lipinski definition) is 0. The first kappa shape index (κ1) is 14.3. The van der Waals surface area contributed by atoms with E-state index in [1.54, 1.807) is 31.4 Å². The van der Waals surface area contributed by atoms with Crippen molar-refractivity contribution in [2.45, 2.75) is 4.83 Å². The fourth-order valence-corrected chi connectivity index (χ4v) is 2.52. The van der Waals surface area contributed by atoms with Gasteiger partial charge in [0, 0.05) is 10.0 Å². The molecule has 0 aromatic heterocycles. The molecule has 2 aromatic carbocycles. The highest BCUT2D eigenvalue weighted by molar-refractivity contribution is 9.10.